The van der Waals surface area contributed by atoms with E-state index in [1.807, 2.05) is 55.5 Å². The van der Waals surface area contributed by atoms with E-state index in [1.165, 1.54) is 16.7 Å². The minimum absolute atomic E-state index is 0.206. The van der Waals surface area contributed by atoms with Gasteiger partial charge in [0.25, 0.3) is 11.8 Å². The highest BCUT2D eigenvalue weighted by Gasteiger charge is 2.43. The number of ether oxygens (including phenoxy) is 1. The van der Waals surface area contributed by atoms with Gasteiger partial charge in [0.1, 0.15) is 5.70 Å². The van der Waals surface area contributed by atoms with E-state index in [0.717, 1.165) is 45.4 Å². The lowest BCUT2D eigenvalue weighted by Gasteiger charge is -2.28. The summed E-state index contributed by atoms with van der Waals surface area (Å²) in [6.07, 6.45) is 3.42. The van der Waals surface area contributed by atoms with Gasteiger partial charge in [-0.2, -0.15) is 0 Å². The van der Waals surface area contributed by atoms with Gasteiger partial charge in [-0.05, 0) is 77.8 Å². The molecule has 1 heterocycles. The second-order valence-electron chi connectivity index (χ2n) is 11.7. The summed E-state index contributed by atoms with van der Waals surface area (Å²) in [5, 5.41) is 9.52. The van der Waals surface area contributed by atoms with Crippen LogP contribution in [-0.4, -0.2) is 28.7 Å². The van der Waals surface area contributed by atoms with E-state index >= 15 is 0 Å². The van der Waals surface area contributed by atoms with E-state index in [-0.39, 0.29) is 22.7 Å². The van der Waals surface area contributed by atoms with Crippen molar-refractivity contribution in [1.29, 1.82) is 0 Å². The minimum Gasteiger partial charge on any atom is -0.488 e. The predicted molar refractivity (Wildman–Crippen MR) is 204 cm³/mol. The van der Waals surface area contributed by atoms with Crippen LogP contribution in [0.4, 0.5) is 5.69 Å². The number of thioether (sulfide) groups is 1. The lowest BCUT2D eigenvalue weighted by Crippen LogP contribution is -2.34. The van der Waals surface area contributed by atoms with Gasteiger partial charge in [-0.3, -0.25) is 14.5 Å². The third-order valence-corrected chi connectivity index (χ3v) is 9.77. The number of methoxy groups -OCH3 is 1. The summed E-state index contributed by atoms with van der Waals surface area (Å²) in [6.45, 7) is 13.9. The molecule has 1 unspecified atom stereocenters. The van der Waals surface area contributed by atoms with Gasteiger partial charge in [-0.25, -0.2) is 0 Å². The smallest absolute Gasteiger partial charge is 0.264 e. The van der Waals surface area contributed by atoms with E-state index < -0.39 is 11.9 Å². The lowest BCUT2D eigenvalue weighted by molar-refractivity contribution is 0.0609. The number of amides is 2. The van der Waals surface area contributed by atoms with Crippen LogP contribution in [0.2, 0.25) is 0 Å². The van der Waals surface area contributed by atoms with Crippen LogP contribution in [-0.2, 0) is 16.9 Å². The summed E-state index contributed by atoms with van der Waals surface area (Å²) in [6, 6.07) is 28.3. The van der Waals surface area contributed by atoms with Gasteiger partial charge >= 0.3 is 0 Å². The minimum atomic E-state index is -0.646. The average molecular weight is 686 g/mol. The Morgan fingerprint density at radius 3 is 2.37 bits per heavy atom. The van der Waals surface area contributed by atoms with Crippen LogP contribution < -0.4 is 0 Å². The summed E-state index contributed by atoms with van der Waals surface area (Å²) in [4.78, 5) is 30.2. The molecule has 6 nitrogen and oxygen atoms in total. The molecular weight excluding hydrogens is 647 g/mol. The number of hydrogen-bond acceptors (Lipinski definition) is 7. The highest BCUT2D eigenvalue weighted by atomic mass is 32.2. The van der Waals surface area contributed by atoms with Gasteiger partial charge in [0, 0.05) is 10.6 Å². The number of imide groups is 1. The Kier molecular flexibility index (Phi) is 11.5. The summed E-state index contributed by atoms with van der Waals surface area (Å²) >= 11 is 7.01. The van der Waals surface area contributed by atoms with E-state index in [2.05, 4.69) is 60.6 Å². The van der Waals surface area contributed by atoms with Crippen molar-refractivity contribution < 1.29 is 14.3 Å². The molecule has 1 atom stereocenters. The van der Waals surface area contributed by atoms with Crippen LogP contribution in [0.25, 0.3) is 5.57 Å². The number of nitrogens with zero attached hydrogens (tertiary/aromatic N) is 3. The highest BCUT2D eigenvalue weighted by Crippen LogP contribution is 2.40. The Balaban J connectivity index is 1.48. The maximum atomic E-state index is 14.3. The monoisotopic (exact) mass is 685 g/mol. The van der Waals surface area contributed by atoms with Crippen molar-refractivity contribution in [2.75, 3.05) is 7.11 Å². The largest absolute Gasteiger partial charge is 0.488 e. The number of carbonyl (C=O) groups excluding carboxylic acids is 2. The molecule has 0 aromatic heterocycles. The van der Waals surface area contributed by atoms with Crippen LogP contribution >= 0.6 is 24.0 Å². The number of thiocarbonyl (C=S) groups is 1. The standard InChI is InChI=1S/C41H39N3O3S2/c1-7-13-32-24-33(21-18-27(32)4)38(31-14-10-9-11-15-31)44-39(45)34-16-12-17-35(36(34)40(44)46)42-43-37(28(5)48)41(47-6)49-25-29-19-22-30(23-20-29)26(3)8-2/h7,9-12,14-24,38H,1,3,8,13,25H2,2,4-6H3/b41-37+,43-42?. The lowest BCUT2D eigenvalue weighted by atomic mass is 9.93. The molecule has 248 valence electrons. The molecule has 0 bridgehead atoms. The number of allylic oxidation sites excluding steroid dienone is 3. The fraction of sp³-hybridized carbons (Fsp3) is 0.195. The second kappa shape index (κ2) is 16.0. The van der Waals surface area contributed by atoms with E-state index in [0.29, 0.717) is 27.8 Å². The van der Waals surface area contributed by atoms with Crippen molar-refractivity contribution >= 4 is 51.9 Å². The summed E-state index contributed by atoms with van der Waals surface area (Å²) in [5.74, 6) is -0.199. The number of fused-ring (bicyclic) bond motifs is 1. The Bertz CT molecular complexity index is 1980. The molecule has 0 fully saturated rings. The Morgan fingerprint density at radius 2 is 1.71 bits per heavy atom. The zero-order valence-electron chi connectivity index (χ0n) is 28.2. The fourth-order valence-electron chi connectivity index (χ4n) is 5.74. The molecule has 8 heteroatoms. The van der Waals surface area contributed by atoms with E-state index in [9.17, 15) is 9.59 Å². The van der Waals surface area contributed by atoms with Crippen molar-refractivity contribution in [2.24, 2.45) is 10.2 Å². The van der Waals surface area contributed by atoms with Gasteiger partial charge in [-0.1, -0.05) is 122 Å². The van der Waals surface area contributed by atoms with Gasteiger partial charge in [0.05, 0.1) is 30.0 Å². The molecule has 0 radical (unpaired) electrons. The molecule has 4 aromatic carbocycles. The van der Waals surface area contributed by atoms with Crippen molar-refractivity contribution in [3.8, 4) is 0 Å². The van der Waals surface area contributed by atoms with Crippen molar-refractivity contribution in [2.45, 2.75) is 45.4 Å². The molecule has 2 amide bonds. The van der Waals surface area contributed by atoms with Crippen molar-refractivity contribution in [3.05, 3.63) is 166 Å². The number of hydrogen-bond donors (Lipinski definition) is 0. The number of carbonyl (C=O) groups is 2. The highest BCUT2D eigenvalue weighted by molar-refractivity contribution is 8.02. The van der Waals surface area contributed by atoms with Crippen molar-refractivity contribution in [1.82, 2.24) is 4.90 Å². The first kappa shape index (κ1) is 35.4. The summed E-state index contributed by atoms with van der Waals surface area (Å²) in [7, 11) is 1.57. The van der Waals surface area contributed by atoms with Crippen LogP contribution in [0.1, 0.15) is 80.4 Å². The van der Waals surface area contributed by atoms with Crippen LogP contribution in [0.3, 0.4) is 0 Å². The molecule has 0 aliphatic carbocycles. The first-order chi connectivity index (χ1) is 23.7. The number of benzene rings is 4. The summed E-state index contributed by atoms with van der Waals surface area (Å²) in [5.41, 5.74) is 8.33. The first-order valence-electron chi connectivity index (χ1n) is 16.0. The molecular formula is C41H39N3O3S2. The number of rotatable bonds is 14. The molecule has 5 rings (SSSR count). The van der Waals surface area contributed by atoms with Gasteiger partial charge in [0.15, 0.2) is 5.09 Å². The Hall–Kier alpha value is -4.92. The Morgan fingerprint density at radius 1 is 0.980 bits per heavy atom. The molecule has 1 aliphatic rings. The zero-order chi connectivity index (χ0) is 35.1. The molecule has 49 heavy (non-hydrogen) atoms. The van der Waals surface area contributed by atoms with Gasteiger partial charge in [-0.15, -0.1) is 16.8 Å². The molecule has 0 N–H and O–H groups in total. The topological polar surface area (TPSA) is 71.3 Å². The molecule has 1 aliphatic heterocycles. The molecule has 0 saturated heterocycles. The third-order valence-electron chi connectivity index (χ3n) is 8.48. The second-order valence-corrected chi connectivity index (χ2v) is 13.3. The van der Waals surface area contributed by atoms with Crippen molar-refractivity contribution in [3.63, 3.8) is 0 Å². The van der Waals surface area contributed by atoms with E-state index in [1.54, 1.807) is 32.2 Å². The van der Waals surface area contributed by atoms with Gasteiger partial charge < -0.3 is 4.74 Å². The maximum absolute atomic E-state index is 14.3. The maximum Gasteiger partial charge on any atom is 0.264 e. The summed E-state index contributed by atoms with van der Waals surface area (Å²) < 4.78 is 5.73. The number of aryl methyl sites for hydroxylation is 1. The van der Waals surface area contributed by atoms with Crippen LogP contribution in [0.15, 0.2) is 131 Å². The normalized spacial score (nSPS) is 13.7. The van der Waals surface area contributed by atoms with Crippen LogP contribution in [0, 0.1) is 6.92 Å². The molecule has 0 saturated carbocycles. The SMILES string of the molecule is C=CCc1cc(C(c2ccccc2)N2C(=O)c3cccc(N=N/C(C(C)=S)=C(\OC)SCc4ccc(C(=C)CC)cc4)c3C2=O)ccc1C. The average Bonchev–Trinajstić information content (AvgIpc) is 3.37. The zero-order valence-corrected chi connectivity index (χ0v) is 29.9. The van der Waals surface area contributed by atoms with E-state index in [4.69, 9.17) is 17.0 Å². The quantitative estimate of drug-likeness (QED) is 0.0330. The molecule has 0 spiro atoms. The Labute approximate surface area is 298 Å². The first-order valence-corrected chi connectivity index (χ1v) is 17.4. The molecule has 4 aromatic rings. The third kappa shape index (κ3) is 7.71. The predicted octanol–water partition coefficient (Wildman–Crippen LogP) is 10.8. The van der Waals surface area contributed by atoms with Crippen LogP contribution in [0.5, 0.6) is 0 Å². The fourth-order valence-corrected chi connectivity index (χ4v) is 6.88. The number of azo groups is 1. The van der Waals surface area contributed by atoms with Gasteiger partial charge in [0.2, 0.25) is 0 Å².